The summed E-state index contributed by atoms with van der Waals surface area (Å²) in [5.74, 6) is -1.15. The first kappa shape index (κ1) is 21.3. The third-order valence-electron chi connectivity index (χ3n) is 4.76. The first-order valence-corrected chi connectivity index (χ1v) is 11.3. The summed E-state index contributed by atoms with van der Waals surface area (Å²) in [6.07, 6.45) is -5.13. The van der Waals surface area contributed by atoms with E-state index in [2.05, 4.69) is 4.98 Å². The van der Waals surface area contributed by atoms with E-state index in [0.29, 0.717) is 15.2 Å². The molecule has 2 aromatic heterocycles. The smallest absolute Gasteiger partial charge is 0.416 e. The van der Waals surface area contributed by atoms with Crippen molar-refractivity contribution in [1.29, 1.82) is 0 Å². The minimum atomic E-state index is -4.60. The molecule has 1 N–H and O–H groups in total. The first-order chi connectivity index (χ1) is 14.5. The number of halogens is 3. The van der Waals surface area contributed by atoms with Crippen LogP contribution >= 0.6 is 11.3 Å². The van der Waals surface area contributed by atoms with Crippen molar-refractivity contribution >= 4 is 48.4 Å². The molecule has 6 nitrogen and oxygen atoms in total. The standard InChI is InChI=1S/C20H15F3N2O4S2/c1-11-24-15-3-2-4-17(19(15)30-11)31(28,29)25-14(6-8-18(26)27)10-12-9-13(20(21,22)23)5-7-16(12)25/h2-5,7,9-10H,6,8H2,1H3,(H,26,27). The van der Waals surface area contributed by atoms with Gasteiger partial charge in [0.15, 0.2) is 0 Å². The van der Waals surface area contributed by atoms with Crippen LogP contribution in [0.4, 0.5) is 13.2 Å². The highest BCUT2D eigenvalue weighted by atomic mass is 32.2. The third kappa shape index (κ3) is 3.79. The van der Waals surface area contributed by atoms with Crippen molar-refractivity contribution < 1.29 is 31.5 Å². The Bertz CT molecular complexity index is 1440. The molecule has 0 amide bonds. The summed E-state index contributed by atoms with van der Waals surface area (Å²) in [5.41, 5.74) is -0.285. The van der Waals surface area contributed by atoms with Crippen molar-refractivity contribution in [3.63, 3.8) is 0 Å². The summed E-state index contributed by atoms with van der Waals surface area (Å²) in [4.78, 5) is 15.3. The van der Waals surface area contributed by atoms with Crippen molar-refractivity contribution in [3.8, 4) is 0 Å². The van der Waals surface area contributed by atoms with Crippen LogP contribution in [0.1, 0.15) is 22.7 Å². The maximum Gasteiger partial charge on any atom is 0.416 e. The maximum atomic E-state index is 13.7. The van der Waals surface area contributed by atoms with Gasteiger partial charge in [0.25, 0.3) is 10.0 Å². The van der Waals surface area contributed by atoms with E-state index in [1.165, 1.54) is 23.5 Å². The van der Waals surface area contributed by atoms with Gasteiger partial charge >= 0.3 is 12.1 Å². The summed E-state index contributed by atoms with van der Waals surface area (Å²) < 4.78 is 68.1. The van der Waals surface area contributed by atoms with E-state index in [1.54, 1.807) is 19.1 Å². The van der Waals surface area contributed by atoms with Gasteiger partial charge in [0.2, 0.25) is 0 Å². The van der Waals surface area contributed by atoms with E-state index in [-0.39, 0.29) is 34.3 Å². The van der Waals surface area contributed by atoms with Gasteiger partial charge in [0, 0.05) is 11.1 Å². The Kier molecular flexibility index (Phi) is 5.05. The molecule has 162 valence electrons. The molecule has 0 fully saturated rings. The zero-order valence-corrected chi connectivity index (χ0v) is 17.6. The highest BCUT2D eigenvalue weighted by Crippen LogP contribution is 2.36. The van der Waals surface area contributed by atoms with E-state index in [4.69, 9.17) is 5.11 Å². The largest absolute Gasteiger partial charge is 0.481 e. The van der Waals surface area contributed by atoms with E-state index in [1.807, 2.05) is 0 Å². The number of fused-ring (bicyclic) bond motifs is 2. The second kappa shape index (κ2) is 7.34. The molecule has 0 unspecified atom stereocenters. The molecule has 4 rings (SSSR count). The molecule has 0 aliphatic heterocycles. The number of hydrogen-bond donors (Lipinski definition) is 1. The van der Waals surface area contributed by atoms with E-state index >= 15 is 0 Å². The molecular formula is C20H15F3N2O4S2. The Morgan fingerprint density at radius 2 is 1.94 bits per heavy atom. The Morgan fingerprint density at radius 1 is 1.19 bits per heavy atom. The van der Waals surface area contributed by atoms with Crippen LogP contribution in [0.2, 0.25) is 0 Å². The maximum absolute atomic E-state index is 13.7. The number of rotatable bonds is 5. The summed E-state index contributed by atoms with van der Waals surface area (Å²) in [7, 11) is -4.25. The molecule has 0 aliphatic carbocycles. The van der Waals surface area contributed by atoms with Crippen LogP contribution in [0.15, 0.2) is 47.4 Å². The normalized spacial score (nSPS) is 12.6. The Morgan fingerprint density at radius 3 is 2.61 bits per heavy atom. The zero-order valence-electron chi connectivity index (χ0n) is 16.0. The van der Waals surface area contributed by atoms with E-state index < -0.39 is 27.7 Å². The summed E-state index contributed by atoms with van der Waals surface area (Å²) in [5, 5.41) is 9.77. The number of carboxylic acid groups (broad SMARTS) is 1. The topological polar surface area (TPSA) is 89.3 Å². The predicted molar refractivity (Wildman–Crippen MR) is 110 cm³/mol. The summed E-state index contributed by atoms with van der Waals surface area (Å²) in [6, 6.07) is 8.69. The minimum Gasteiger partial charge on any atom is -0.481 e. The minimum absolute atomic E-state index is 0.0374. The molecule has 31 heavy (non-hydrogen) atoms. The Hall–Kier alpha value is -2.92. The SMILES string of the molecule is Cc1nc2cccc(S(=O)(=O)n3c(CCC(=O)O)cc4cc(C(F)(F)F)ccc43)c2s1. The number of alkyl halides is 3. The van der Waals surface area contributed by atoms with Crippen LogP contribution in [0.5, 0.6) is 0 Å². The number of hydrogen-bond acceptors (Lipinski definition) is 5. The average Bonchev–Trinajstić information content (AvgIpc) is 3.23. The molecule has 0 saturated heterocycles. The van der Waals surface area contributed by atoms with Gasteiger partial charge in [-0.3, -0.25) is 4.79 Å². The highest BCUT2D eigenvalue weighted by molar-refractivity contribution is 7.90. The molecule has 0 saturated carbocycles. The fourth-order valence-electron chi connectivity index (χ4n) is 3.45. The second-order valence-corrected chi connectivity index (χ2v) is 9.87. The molecule has 0 atom stereocenters. The number of carboxylic acids is 1. The molecular weight excluding hydrogens is 453 g/mol. The highest BCUT2D eigenvalue weighted by Gasteiger charge is 2.32. The molecule has 4 aromatic rings. The molecule has 0 radical (unpaired) electrons. The Balaban J connectivity index is 1.99. The van der Waals surface area contributed by atoms with Crippen molar-refractivity contribution in [3.05, 3.63) is 58.7 Å². The lowest BCUT2D eigenvalue weighted by atomic mass is 10.1. The number of carbonyl (C=O) groups is 1. The van der Waals surface area contributed by atoms with Crippen molar-refractivity contribution in [2.75, 3.05) is 0 Å². The van der Waals surface area contributed by atoms with Gasteiger partial charge in [0.1, 0.15) is 4.90 Å². The van der Waals surface area contributed by atoms with Crippen LogP contribution in [0.25, 0.3) is 21.1 Å². The van der Waals surface area contributed by atoms with Gasteiger partial charge in [-0.05, 0) is 49.7 Å². The molecule has 2 aromatic carbocycles. The number of aromatic nitrogens is 2. The molecule has 0 aliphatic rings. The summed E-state index contributed by atoms with van der Waals surface area (Å²) >= 11 is 1.19. The number of aryl methyl sites for hydroxylation is 2. The van der Waals surface area contributed by atoms with Crippen LogP contribution in [0.3, 0.4) is 0 Å². The van der Waals surface area contributed by atoms with Crippen molar-refractivity contribution in [2.24, 2.45) is 0 Å². The van der Waals surface area contributed by atoms with Gasteiger partial charge in [-0.1, -0.05) is 6.07 Å². The van der Waals surface area contributed by atoms with Crippen LogP contribution in [0, 0.1) is 6.92 Å². The lowest BCUT2D eigenvalue weighted by Crippen LogP contribution is -2.16. The fraction of sp³-hybridized carbons (Fsp3) is 0.200. The Labute approximate surface area is 178 Å². The lowest BCUT2D eigenvalue weighted by Gasteiger charge is -2.13. The van der Waals surface area contributed by atoms with Gasteiger partial charge < -0.3 is 5.11 Å². The fourth-order valence-corrected chi connectivity index (χ4v) is 6.38. The van der Waals surface area contributed by atoms with Gasteiger partial charge in [-0.2, -0.15) is 13.2 Å². The number of aliphatic carboxylic acids is 1. The van der Waals surface area contributed by atoms with Crippen molar-refractivity contribution in [1.82, 2.24) is 8.96 Å². The summed E-state index contributed by atoms with van der Waals surface area (Å²) in [6.45, 7) is 1.74. The monoisotopic (exact) mass is 468 g/mol. The molecule has 11 heteroatoms. The van der Waals surface area contributed by atoms with Gasteiger partial charge in [-0.15, -0.1) is 11.3 Å². The number of benzene rings is 2. The quantitative estimate of drug-likeness (QED) is 0.453. The molecule has 0 bridgehead atoms. The predicted octanol–water partition coefficient (Wildman–Crippen LogP) is 4.83. The third-order valence-corrected chi connectivity index (χ3v) is 7.71. The van der Waals surface area contributed by atoms with Crippen LogP contribution in [-0.4, -0.2) is 28.5 Å². The molecule has 0 spiro atoms. The number of nitrogens with zero attached hydrogens (tertiary/aromatic N) is 2. The number of thiazole rings is 1. The lowest BCUT2D eigenvalue weighted by molar-refractivity contribution is -0.138. The second-order valence-electron chi connectivity index (χ2n) is 6.91. The van der Waals surface area contributed by atoms with E-state index in [0.717, 1.165) is 22.2 Å². The zero-order chi connectivity index (χ0) is 22.6. The van der Waals surface area contributed by atoms with Gasteiger partial charge in [-0.25, -0.2) is 17.4 Å². The van der Waals surface area contributed by atoms with Crippen LogP contribution in [-0.2, 0) is 27.4 Å². The average molecular weight is 468 g/mol. The first-order valence-electron chi connectivity index (χ1n) is 9.03. The van der Waals surface area contributed by atoms with Crippen LogP contribution < -0.4 is 0 Å². The van der Waals surface area contributed by atoms with E-state index in [9.17, 15) is 26.4 Å². The molecule has 2 heterocycles. The van der Waals surface area contributed by atoms with Crippen molar-refractivity contribution in [2.45, 2.75) is 30.8 Å². The van der Waals surface area contributed by atoms with Gasteiger partial charge in [0.05, 0.1) is 32.7 Å².